The van der Waals surface area contributed by atoms with Crippen molar-refractivity contribution in [1.29, 1.82) is 0 Å². The van der Waals surface area contributed by atoms with Gasteiger partial charge in [0.25, 0.3) is 0 Å². The summed E-state index contributed by atoms with van der Waals surface area (Å²) >= 11 is 14.2. The molecule has 0 aliphatic rings. The average molecular weight is 326 g/mol. The molecule has 1 rings (SSSR count). The molecule has 0 radical (unpaired) electrons. The number of hydrogen-bond acceptors (Lipinski definition) is 1. The van der Waals surface area contributed by atoms with Crippen molar-refractivity contribution in [3.63, 3.8) is 0 Å². The Hall–Kier alpha value is -0.390. The highest BCUT2D eigenvalue weighted by molar-refractivity contribution is 9.10. The van der Waals surface area contributed by atoms with Gasteiger partial charge in [0, 0.05) is 10.5 Å². The monoisotopic (exact) mass is 324 g/mol. The largest absolute Gasteiger partial charge is 0.360 e. The summed E-state index contributed by atoms with van der Waals surface area (Å²) in [4.78, 5) is 0. The van der Waals surface area contributed by atoms with Gasteiger partial charge in [0.1, 0.15) is 5.82 Å². The van der Waals surface area contributed by atoms with Gasteiger partial charge in [0.05, 0.1) is 10.7 Å². The van der Waals surface area contributed by atoms with E-state index >= 15 is 0 Å². The summed E-state index contributed by atoms with van der Waals surface area (Å²) in [6.45, 7) is 3.94. The second-order valence-electron chi connectivity index (χ2n) is 3.50. The predicted molar refractivity (Wildman–Crippen MR) is 73.6 cm³/mol. The minimum Gasteiger partial charge on any atom is -0.360 e. The van der Waals surface area contributed by atoms with Crippen LogP contribution in [0.3, 0.4) is 0 Å². The molecule has 0 atom stereocenters. The third-order valence-corrected chi connectivity index (χ3v) is 2.81. The second kappa shape index (κ2) is 5.80. The number of hydrogen-bond donors (Lipinski definition) is 2. The molecule has 0 saturated carbocycles. The molecule has 0 aliphatic heterocycles. The highest BCUT2D eigenvalue weighted by Crippen LogP contribution is 2.31. The van der Waals surface area contributed by atoms with Crippen LogP contribution in [-0.4, -0.2) is 11.2 Å². The summed E-state index contributed by atoms with van der Waals surface area (Å²) in [6, 6.07) is 2.77. The van der Waals surface area contributed by atoms with Crippen LogP contribution in [0.15, 0.2) is 16.6 Å². The van der Waals surface area contributed by atoms with Crippen LogP contribution >= 0.6 is 39.7 Å². The summed E-state index contributed by atoms with van der Waals surface area (Å²) in [5.74, 6) is -0.398. The molecule has 0 spiro atoms. The van der Waals surface area contributed by atoms with Crippen LogP contribution in [0.4, 0.5) is 10.1 Å². The van der Waals surface area contributed by atoms with Gasteiger partial charge in [-0.25, -0.2) is 4.39 Å². The van der Waals surface area contributed by atoms with Gasteiger partial charge in [-0.15, -0.1) is 0 Å². The van der Waals surface area contributed by atoms with E-state index in [1.165, 1.54) is 12.1 Å². The summed E-state index contributed by atoms with van der Waals surface area (Å²) < 4.78 is 13.5. The van der Waals surface area contributed by atoms with Gasteiger partial charge in [-0.3, -0.25) is 0 Å². The van der Waals surface area contributed by atoms with Gasteiger partial charge in [0.2, 0.25) is 0 Å². The maximum atomic E-state index is 13.0. The number of benzene rings is 1. The lowest BCUT2D eigenvalue weighted by Crippen LogP contribution is -2.34. The summed E-state index contributed by atoms with van der Waals surface area (Å²) in [5, 5.41) is 6.65. The second-order valence-corrected chi connectivity index (χ2v) is 5.17. The number of halogens is 3. The van der Waals surface area contributed by atoms with Crippen molar-refractivity contribution < 1.29 is 4.39 Å². The first kappa shape index (κ1) is 13.7. The van der Waals surface area contributed by atoms with Crippen LogP contribution in [0.1, 0.15) is 13.8 Å². The summed E-state index contributed by atoms with van der Waals surface area (Å²) in [7, 11) is 0. The molecule has 0 heterocycles. The molecule has 6 heteroatoms. The molecule has 0 amide bonds. The van der Waals surface area contributed by atoms with Crippen molar-refractivity contribution in [2.45, 2.75) is 19.9 Å². The fourth-order valence-electron chi connectivity index (χ4n) is 1.07. The van der Waals surface area contributed by atoms with E-state index in [1.807, 2.05) is 13.8 Å². The lowest BCUT2D eigenvalue weighted by molar-refractivity contribution is 0.627. The van der Waals surface area contributed by atoms with Gasteiger partial charge < -0.3 is 10.6 Å². The molecule has 0 aliphatic carbocycles. The number of nitrogens with one attached hydrogen (secondary N) is 2. The Morgan fingerprint density at radius 3 is 2.62 bits per heavy atom. The molecular formula is C10H11BrClFN2S. The predicted octanol–water partition coefficient (Wildman–Crippen LogP) is 3.94. The topological polar surface area (TPSA) is 24.1 Å². The third kappa shape index (κ3) is 3.88. The number of rotatable bonds is 2. The molecule has 0 bridgehead atoms. The van der Waals surface area contributed by atoms with E-state index in [0.717, 1.165) is 0 Å². The van der Waals surface area contributed by atoms with E-state index in [9.17, 15) is 4.39 Å². The van der Waals surface area contributed by atoms with Crippen LogP contribution in [0.25, 0.3) is 0 Å². The maximum Gasteiger partial charge on any atom is 0.171 e. The van der Waals surface area contributed by atoms with Crippen LogP contribution in [0.2, 0.25) is 5.02 Å². The quantitative estimate of drug-likeness (QED) is 0.806. The average Bonchev–Trinajstić information content (AvgIpc) is 2.09. The highest BCUT2D eigenvalue weighted by atomic mass is 79.9. The molecule has 1 aromatic carbocycles. The van der Waals surface area contributed by atoms with Crippen LogP contribution in [0, 0.1) is 5.82 Å². The number of thiocarbonyl (C=S) groups is 1. The number of anilines is 1. The Morgan fingerprint density at radius 1 is 1.50 bits per heavy atom. The van der Waals surface area contributed by atoms with E-state index in [4.69, 9.17) is 23.8 Å². The fraction of sp³-hybridized carbons (Fsp3) is 0.300. The Bertz CT molecular complexity index is 389. The van der Waals surface area contributed by atoms with Gasteiger partial charge in [-0.05, 0) is 54.1 Å². The standard InChI is InChI=1S/C10H11BrClFN2S/c1-5(2)14-10(16)15-9-7(11)3-6(13)4-8(9)12/h3-5H,1-2H3,(H2,14,15,16). The first-order valence-electron chi connectivity index (χ1n) is 4.62. The third-order valence-electron chi connectivity index (χ3n) is 1.67. The Labute approximate surface area is 113 Å². The van der Waals surface area contributed by atoms with Gasteiger partial charge in [-0.1, -0.05) is 11.6 Å². The maximum absolute atomic E-state index is 13.0. The van der Waals surface area contributed by atoms with E-state index in [-0.39, 0.29) is 11.1 Å². The van der Waals surface area contributed by atoms with Crippen molar-refractivity contribution in [1.82, 2.24) is 5.32 Å². The molecule has 16 heavy (non-hydrogen) atoms. The van der Waals surface area contributed by atoms with Crippen molar-refractivity contribution in [3.05, 3.63) is 27.4 Å². The van der Waals surface area contributed by atoms with Gasteiger partial charge in [-0.2, -0.15) is 0 Å². The summed E-state index contributed by atoms with van der Waals surface area (Å²) in [5.41, 5.74) is 0.557. The van der Waals surface area contributed by atoms with Crippen molar-refractivity contribution in [3.8, 4) is 0 Å². The van der Waals surface area contributed by atoms with Crippen molar-refractivity contribution in [2.75, 3.05) is 5.32 Å². The van der Waals surface area contributed by atoms with Crippen molar-refractivity contribution in [2.24, 2.45) is 0 Å². The van der Waals surface area contributed by atoms with E-state index in [1.54, 1.807) is 0 Å². The molecule has 1 aromatic rings. The minimum atomic E-state index is -0.398. The molecule has 2 nitrogen and oxygen atoms in total. The van der Waals surface area contributed by atoms with Crippen LogP contribution < -0.4 is 10.6 Å². The van der Waals surface area contributed by atoms with Gasteiger partial charge in [0.15, 0.2) is 5.11 Å². The lowest BCUT2D eigenvalue weighted by atomic mass is 10.3. The summed E-state index contributed by atoms with van der Waals surface area (Å²) in [6.07, 6.45) is 0. The SMILES string of the molecule is CC(C)NC(=S)Nc1c(Cl)cc(F)cc1Br. The fourth-order valence-corrected chi connectivity index (χ4v) is 2.31. The van der Waals surface area contributed by atoms with Crippen LogP contribution in [0.5, 0.6) is 0 Å². The molecule has 0 unspecified atom stereocenters. The normalized spacial score (nSPS) is 10.4. The minimum absolute atomic E-state index is 0.220. The first-order valence-corrected chi connectivity index (χ1v) is 6.20. The molecule has 0 saturated heterocycles. The highest BCUT2D eigenvalue weighted by Gasteiger charge is 2.09. The van der Waals surface area contributed by atoms with E-state index in [2.05, 4.69) is 26.6 Å². The Morgan fingerprint density at radius 2 is 2.12 bits per heavy atom. The molecule has 88 valence electrons. The zero-order valence-electron chi connectivity index (χ0n) is 8.77. The first-order chi connectivity index (χ1) is 7.40. The smallest absolute Gasteiger partial charge is 0.171 e. The molecule has 0 fully saturated rings. The Kier molecular flexibility index (Phi) is 4.95. The van der Waals surface area contributed by atoms with E-state index < -0.39 is 5.82 Å². The Balaban J connectivity index is 2.85. The molecular weight excluding hydrogens is 315 g/mol. The van der Waals surface area contributed by atoms with Crippen LogP contribution in [-0.2, 0) is 0 Å². The van der Waals surface area contributed by atoms with E-state index in [0.29, 0.717) is 15.3 Å². The zero-order valence-corrected chi connectivity index (χ0v) is 11.9. The lowest BCUT2D eigenvalue weighted by Gasteiger charge is -2.15. The molecule has 2 N–H and O–H groups in total. The zero-order chi connectivity index (χ0) is 12.3. The van der Waals surface area contributed by atoms with Gasteiger partial charge >= 0.3 is 0 Å². The van der Waals surface area contributed by atoms with Crippen molar-refractivity contribution >= 4 is 50.5 Å². The molecule has 0 aromatic heterocycles.